The van der Waals surface area contributed by atoms with E-state index >= 15 is 0 Å². The minimum Gasteiger partial charge on any atom is -0.481 e. The summed E-state index contributed by atoms with van der Waals surface area (Å²) in [5.74, 6) is -5.17. The molecule has 5 aliphatic rings. The third-order valence-electron chi connectivity index (χ3n) is 11.1. The number of carbonyl (C=O) groups excluding carboxylic acids is 5. The molecule has 6 atom stereocenters. The molecule has 6 rings (SSSR count). The maximum absolute atomic E-state index is 14.5. The van der Waals surface area contributed by atoms with E-state index in [9.17, 15) is 41.6 Å². The van der Waals surface area contributed by atoms with E-state index < -0.39 is 92.5 Å². The second kappa shape index (κ2) is 16.6. The van der Waals surface area contributed by atoms with Gasteiger partial charge < -0.3 is 31.1 Å². The molecule has 18 heteroatoms. The second-order valence-corrected chi connectivity index (χ2v) is 17.3. The summed E-state index contributed by atoms with van der Waals surface area (Å²) in [6.07, 6.45) is 6.87. The molecule has 0 radical (unpaired) electrons. The molecule has 300 valence electrons. The first kappa shape index (κ1) is 40.1. The predicted octanol–water partition coefficient (Wildman–Crippen LogP) is 1.71. The van der Waals surface area contributed by atoms with Crippen LogP contribution in [0, 0.1) is 11.7 Å². The molecule has 6 N–H and O–H groups in total. The average Bonchev–Trinajstić information content (AvgIpc) is 4.02. The third kappa shape index (κ3) is 9.45. The van der Waals surface area contributed by atoms with E-state index in [2.05, 4.69) is 15.4 Å². The van der Waals surface area contributed by atoms with Crippen LogP contribution < -0.4 is 21.1 Å². The lowest BCUT2D eigenvalue weighted by molar-refractivity contribution is -0.142. The number of amides is 5. The van der Waals surface area contributed by atoms with Gasteiger partial charge in [0.15, 0.2) is 0 Å². The number of carboxylic acids is 1. The van der Waals surface area contributed by atoms with Crippen LogP contribution in [0.2, 0.25) is 0 Å². The van der Waals surface area contributed by atoms with Crippen LogP contribution in [-0.2, 0) is 51.8 Å². The monoisotopic (exact) mass is 788 g/mol. The number of rotatable bonds is 9. The smallest absolute Gasteiger partial charge is 0.410 e. The number of hydrogen-bond donors (Lipinski definition) is 5. The van der Waals surface area contributed by atoms with Gasteiger partial charge in [-0.25, -0.2) is 17.6 Å². The van der Waals surface area contributed by atoms with Gasteiger partial charge in [-0.15, -0.1) is 0 Å². The molecule has 0 bridgehead atoms. The summed E-state index contributed by atoms with van der Waals surface area (Å²) >= 11 is 0. The van der Waals surface area contributed by atoms with E-state index in [1.807, 2.05) is 6.08 Å². The maximum atomic E-state index is 14.5. The first-order valence-corrected chi connectivity index (χ1v) is 20.6. The van der Waals surface area contributed by atoms with Crippen molar-refractivity contribution in [2.24, 2.45) is 11.7 Å². The van der Waals surface area contributed by atoms with Crippen LogP contribution in [0.1, 0.15) is 94.6 Å². The van der Waals surface area contributed by atoms with Crippen molar-refractivity contribution in [3.05, 3.63) is 47.3 Å². The lowest BCUT2D eigenvalue weighted by Crippen LogP contribution is -2.59. The van der Waals surface area contributed by atoms with Crippen molar-refractivity contribution in [2.45, 2.75) is 132 Å². The Balaban J connectivity index is 1.25. The molecule has 0 aromatic heterocycles. The number of halogens is 1. The molecule has 3 heterocycles. The number of aliphatic carboxylic acids is 1. The number of ether oxygens (including phenoxy) is 1. The van der Waals surface area contributed by atoms with Crippen LogP contribution in [0.4, 0.5) is 9.18 Å². The molecule has 5 amide bonds. The Kier molecular flexibility index (Phi) is 12.1. The summed E-state index contributed by atoms with van der Waals surface area (Å²) in [7, 11) is -3.96. The van der Waals surface area contributed by atoms with E-state index in [1.54, 1.807) is 18.2 Å². The Morgan fingerprint density at radius 2 is 1.82 bits per heavy atom. The molecule has 16 nitrogen and oxygen atoms in total. The lowest BCUT2D eigenvalue weighted by atomic mass is 10.0. The van der Waals surface area contributed by atoms with Crippen molar-refractivity contribution in [1.29, 1.82) is 0 Å². The van der Waals surface area contributed by atoms with E-state index in [0.717, 1.165) is 25.7 Å². The van der Waals surface area contributed by atoms with Crippen molar-refractivity contribution < 1.29 is 51.4 Å². The fourth-order valence-electron chi connectivity index (χ4n) is 7.62. The van der Waals surface area contributed by atoms with Gasteiger partial charge in [0.2, 0.25) is 27.7 Å². The Morgan fingerprint density at radius 3 is 2.55 bits per heavy atom. The molecule has 0 spiro atoms. The number of carbonyl (C=O) groups is 6. The van der Waals surface area contributed by atoms with Crippen LogP contribution in [0.3, 0.4) is 0 Å². The lowest BCUT2D eigenvalue weighted by Gasteiger charge is -2.30. The molecule has 1 aromatic rings. The molecule has 0 unspecified atom stereocenters. The zero-order chi connectivity index (χ0) is 39.5. The number of fused-ring (bicyclic) bond motifs is 3. The quantitative estimate of drug-likeness (QED) is 0.226. The van der Waals surface area contributed by atoms with Crippen LogP contribution in [-0.4, -0.2) is 101 Å². The first-order chi connectivity index (χ1) is 26.2. The maximum Gasteiger partial charge on any atom is 0.410 e. The van der Waals surface area contributed by atoms with Crippen molar-refractivity contribution in [3.63, 3.8) is 0 Å². The van der Waals surface area contributed by atoms with Crippen molar-refractivity contribution in [3.8, 4) is 0 Å². The van der Waals surface area contributed by atoms with Crippen LogP contribution in [0.5, 0.6) is 0 Å². The van der Waals surface area contributed by atoms with Gasteiger partial charge in [-0.3, -0.25) is 33.6 Å². The number of nitrogens with zero attached hydrogens (tertiary/aromatic N) is 2. The molecule has 55 heavy (non-hydrogen) atoms. The molecule has 1 saturated heterocycles. The normalized spacial score (nSPS) is 28.4. The van der Waals surface area contributed by atoms with Gasteiger partial charge in [0, 0.05) is 30.9 Å². The molecule has 2 aliphatic carbocycles. The zero-order valence-corrected chi connectivity index (χ0v) is 31.4. The van der Waals surface area contributed by atoms with Gasteiger partial charge in [-0.1, -0.05) is 50.0 Å². The Hall–Kier alpha value is -4.58. The highest BCUT2D eigenvalue weighted by atomic mass is 32.2. The number of carboxylic acid groups (broad SMARTS) is 1. The molecule has 3 fully saturated rings. The van der Waals surface area contributed by atoms with E-state index in [1.165, 1.54) is 15.9 Å². The van der Waals surface area contributed by atoms with E-state index in [4.69, 9.17) is 15.6 Å². The fourth-order valence-corrected chi connectivity index (χ4v) is 8.98. The third-order valence-corrected chi connectivity index (χ3v) is 12.9. The zero-order valence-electron chi connectivity index (χ0n) is 30.5. The highest BCUT2D eigenvalue weighted by molar-refractivity contribution is 7.91. The SMILES string of the molecule is N[C@H](CCC(=O)O)C(=O)N[C@H]1CCCCCCC/C=C\[C@@H]2C[C@@]2(C(=O)NS(=O)(=O)C2CC2)NC(=O)[C@@H]2C[C@@H](OC(=O)N3Cc4cccc(F)c4C3)CN2C1=O. The van der Waals surface area contributed by atoms with Gasteiger partial charge in [-0.2, -0.15) is 0 Å². The number of nitrogens with one attached hydrogen (secondary N) is 3. The van der Waals surface area contributed by atoms with Crippen molar-refractivity contribution >= 4 is 45.7 Å². The molecular weight excluding hydrogens is 740 g/mol. The topological polar surface area (TPSA) is 235 Å². The molecule has 1 aromatic carbocycles. The number of allylic oxidation sites excluding steroid dienone is 1. The number of benzene rings is 1. The average molecular weight is 789 g/mol. The van der Waals surface area contributed by atoms with E-state index in [-0.39, 0.29) is 51.7 Å². The Morgan fingerprint density at radius 1 is 1.07 bits per heavy atom. The van der Waals surface area contributed by atoms with Crippen molar-refractivity contribution in [1.82, 2.24) is 25.2 Å². The van der Waals surface area contributed by atoms with Gasteiger partial charge in [0.1, 0.15) is 29.5 Å². The van der Waals surface area contributed by atoms with Crippen LogP contribution in [0.15, 0.2) is 30.4 Å². The summed E-state index contributed by atoms with van der Waals surface area (Å²) in [6.45, 7) is -0.196. The number of hydrogen-bond acceptors (Lipinski definition) is 10. The number of nitrogens with two attached hydrogens (primary N) is 1. The fraction of sp³-hybridized carbons (Fsp3) is 0.622. The predicted molar refractivity (Wildman–Crippen MR) is 193 cm³/mol. The minimum absolute atomic E-state index is 0.0351. The second-order valence-electron chi connectivity index (χ2n) is 15.3. The van der Waals surface area contributed by atoms with Crippen LogP contribution in [0.25, 0.3) is 0 Å². The summed E-state index contributed by atoms with van der Waals surface area (Å²) in [5.41, 5.74) is 5.36. The standard InChI is InChI=1S/C37H49FN6O10S/c38-27-11-8-9-22-19-43(21-26(22)27)36(51)54-24-17-30-33(48)41-37(35(50)42-55(52,53)25-13-14-25)18-23(37)10-6-4-2-1-3-5-7-12-29(34(49)44(30)20-24)40-32(47)28(39)15-16-31(45)46/h6,8-11,23-25,28-30H,1-5,7,12-21,39H2,(H,40,47)(H,41,48)(H,42,50)(H,45,46)/b10-6-/t23-,24-,28-,29+,30+,37-/m1/s1. The summed E-state index contributed by atoms with van der Waals surface area (Å²) in [5, 5.41) is 13.8. The van der Waals surface area contributed by atoms with Gasteiger partial charge in [0.05, 0.1) is 24.4 Å². The molecule has 2 saturated carbocycles. The van der Waals surface area contributed by atoms with Gasteiger partial charge >= 0.3 is 12.1 Å². The molecule has 3 aliphatic heterocycles. The van der Waals surface area contributed by atoms with Crippen LogP contribution >= 0.6 is 0 Å². The number of sulfonamides is 1. The Labute approximate surface area is 318 Å². The van der Waals surface area contributed by atoms with Gasteiger partial charge in [-0.05, 0) is 56.6 Å². The van der Waals surface area contributed by atoms with E-state index in [0.29, 0.717) is 36.8 Å². The molecular formula is C37H49FN6O10S. The first-order valence-electron chi connectivity index (χ1n) is 19.0. The summed E-state index contributed by atoms with van der Waals surface area (Å²) in [4.78, 5) is 82.6. The highest BCUT2D eigenvalue weighted by Crippen LogP contribution is 2.46. The van der Waals surface area contributed by atoms with Crippen molar-refractivity contribution in [2.75, 3.05) is 6.54 Å². The highest BCUT2D eigenvalue weighted by Gasteiger charge is 2.62. The minimum atomic E-state index is -3.96. The van der Waals surface area contributed by atoms with Gasteiger partial charge in [0.25, 0.3) is 5.91 Å². The summed E-state index contributed by atoms with van der Waals surface area (Å²) in [6, 6.07) is 0.849. The summed E-state index contributed by atoms with van der Waals surface area (Å²) < 4.78 is 48.0. The largest absolute Gasteiger partial charge is 0.481 e. The Bertz CT molecular complexity index is 1840.